The maximum atomic E-state index is 11.9. The molecule has 0 aliphatic rings. The number of aryl methyl sites for hydroxylation is 1. The summed E-state index contributed by atoms with van der Waals surface area (Å²) in [5.41, 5.74) is 0.384. The zero-order chi connectivity index (χ0) is 13.7. The van der Waals surface area contributed by atoms with Crippen molar-refractivity contribution in [1.82, 2.24) is 5.32 Å². The average molecular weight is 252 g/mol. The average Bonchev–Trinajstić information content (AvgIpc) is 2.28. The number of methoxy groups -OCH3 is 1. The zero-order valence-corrected chi connectivity index (χ0v) is 10.6. The van der Waals surface area contributed by atoms with Crippen LogP contribution in [0.15, 0.2) is 18.2 Å². The van der Waals surface area contributed by atoms with E-state index in [0.717, 1.165) is 0 Å². The predicted octanol–water partition coefficient (Wildman–Crippen LogP) is 1.67. The molecule has 0 spiro atoms. The Morgan fingerprint density at radius 3 is 2.78 bits per heavy atom. The highest BCUT2D eigenvalue weighted by Gasteiger charge is 2.23. The first-order chi connectivity index (χ1) is 8.47. The largest absolute Gasteiger partial charge is 0.383 e. The number of nitrogens with one attached hydrogen (secondary N) is 1. The van der Waals surface area contributed by atoms with Gasteiger partial charge in [-0.2, -0.15) is 0 Å². The molecule has 1 amide bonds. The van der Waals surface area contributed by atoms with E-state index >= 15 is 0 Å². The summed E-state index contributed by atoms with van der Waals surface area (Å²) in [5, 5.41) is 13.6. The van der Waals surface area contributed by atoms with Crippen LogP contribution in [0.3, 0.4) is 0 Å². The molecule has 0 aliphatic carbocycles. The van der Waals surface area contributed by atoms with Crippen LogP contribution in [-0.2, 0) is 4.74 Å². The molecule has 1 rings (SSSR count). The van der Waals surface area contributed by atoms with Gasteiger partial charge in [-0.3, -0.25) is 14.9 Å². The van der Waals surface area contributed by atoms with Gasteiger partial charge in [0.1, 0.15) is 5.56 Å². The van der Waals surface area contributed by atoms with Gasteiger partial charge in [-0.05, 0) is 19.9 Å². The van der Waals surface area contributed by atoms with Gasteiger partial charge < -0.3 is 10.1 Å². The third kappa shape index (κ3) is 3.27. The van der Waals surface area contributed by atoms with Crippen molar-refractivity contribution in [2.75, 3.05) is 13.7 Å². The number of hydrogen-bond acceptors (Lipinski definition) is 4. The van der Waals surface area contributed by atoms with Crippen molar-refractivity contribution in [3.05, 3.63) is 39.4 Å². The number of carbonyl (C=O) groups excluding carboxylic acids is 1. The van der Waals surface area contributed by atoms with E-state index in [2.05, 4.69) is 5.32 Å². The van der Waals surface area contributed by atoms with Crippen LogP contribution in [-0.4, -0.2) is 30.6 Å². The highest BCUT2D eigenvalue weighted by molar-refractivity contribution is 5.98. The number of benzene rings is 1. The molecule has 1 aromatic carbocycles. The van der Waals surface area contributed by atoms with Gasteiger partial charge in [0.15, 0.2) is 0 Å². The van der Waals surface area contributed by atoms with Crippen molar-refractivity contribution in [2.45, 2.75) is 19.9 Å². The van der Waals surface area contributed by atoms with Crippen LogP contribution >= 0.6 is 0 Å². The molecule has 6 heteroatoms. The van der Waals surface area contributed by atoms with Crippen LogP contribution in [0.1, 0.15) is 22.8 Å². The molecular weight excluding hydrogens is 236 g/mol. The Labute approximate surface area is 105 Å². The first-order valence-corrected chi connectivity index (χ1v) is 5.51. The molecule has 0 radical (unpaired) electrons. The highest BCUT2D eigenvalue weighted by Crippen LogP contribution is 2.22. The van der Waals surface area contributed by atoms with Gasteiger partial charge in [-0.15, -0.1) is 0 Å². The van der Waals surface area contributed by atoms with E-state index in [1.165, 1.54) is 13.2 Å². The summed E-state index contributed by atoms with van der Waals surface area (Å²) in [5.74, 6) is -0.463. The lowest BCUT2D eigenvalue weighted by atomic mass is 10.1. The molecule has 0 saturated carbocycles. The summed E-state index contributed by atoms with van der Waals surface area (Å²) in [4.78, 5) is 22.4. The Bertz CT molecular complexity index is 459. The first-order valence-electron chi connectivity index (χ1n) is 5.51. The van der Waals surface area contributed by atoms with Crippen molar-refractivity contribution < 1.29 is 14.5 Å². The topological polar surface area (TPSA) is 81.5 Å². The van der Waals surface area contributed by atoms with E-state index < -0.39 is 10.8 Å². The molecule has 1 N–H and O–H groups in total. The van der Waals surface area contributed by atoms with E-state index in [9.17, 15) is 14.9 Å². The molecule has 18 heavy (non-hydrogen) atoms. The summed E-state index contributed by atoms with van der Waals surface area (Å²) >= 11 is 0. The second-order valence-corrected chi connectivity index (χ2v) is 4.06. The summed E-state index contributed by atoms with van der Waals surface area (Å²) in [6, 6.07) is 4.47. The monoisotopic (exact) mass is 252 g/mol. The van der Waals surface area contributed by atoms with E-state index in [0.29, 0.717) is 12.2 Å². The summed E-state index contributed by atoms with van der Waals surface area (Å²) < 4.78 is 4.89. The van der Waals surface area contributed by atoms with Gasteiger partial charge in [-0.25, -0.2) is 0 Å². The lowest BCUT2D eigenvalue weighted by Crippen LogP contribution is -2.35. The molecular formula is C12H16N2O4. The van der Waals surface area contributed by atoms with Crippen molar-refractivity contribution in [2.24, 2.45) is 0 Å². The number of amides is 1. The minimum atomic E-state index is -0.536. The maximum absolute atomic E-state index is 11.9. The molecule has 98 valence electrons. The van der Waals surface area contributed by atoms with Gasteiger partial charge in [0.05, 0.1) is 11.5 Å². The van der Waals surface area contributed by atoms with E-state index in [-0.39, 0.29) is 17.3 Å². The Morgan fingerprint density at radius 2 is 2.22 bits per heavy atom. The molecule has 1 aromatic rings. The number of ether oxygens (including phenoxy) is 1. The normalized spacial score (nSPS) is 11.9. The Kier molecular flexibility index (Phi) is 4.79. The number of nitrogens with zero attached hydrogens (tertiary/aromatic N) is 1. The van der Waals surface area contributed by atoms with Crippen LogP contribution in [0.2, 0.25) is 0 Å². The lowest BCUT2D eigenvalue weighted by Gasteiger charge is -2.13. The van der Waals surface area contributed by atoms with Crippen LogP contribution in [0.5, 0.6) is 0 Å². The summed E-state index contributed by atoms with van der Waals surface area (Å²) in [6.45, 7) is 3.72. The lowest BCUT2D eigenvalue weighted by molar-refractivity contribution is -0.385. The van der Waals surface area contributed by atoms with E-state index in [1.807, 2.05) is 0 Å². The minimum absolute atomic E-state index is 0.0722. The molecule has 1 atom stereocenters. The van der Waals surface area contributed by atoms with Crippen molar-refractivity contribution in [1.29, 1.82) is 0 Å². The smallest absolute Gasteiger partial charge is 0.285 e. The number of nitro benzene ring substituents is 1. The molecule has 0 aromatic heterocycles. The highest BCUT2D eigenvalue weighted by atomic mass is 16.6. The van der Waals surface area contributed by atoms with Crippen LogP contribution < -0.4 is 5.32 Å². The van der Waals surface area contributed by atoms with E-state index in [4.69, 9.17) is 4.74 Å². The summed E-state index contributed by atoms with van der Waals surface area (Å²) in [6.07, 6.45) is 0. The van der Waals surface area contributed by atoms with Crippen molar-refractivity contribution in [3.8, 4) is 0 Å². The fourth-order valence-corrected chi connectivity index (χ4v) is 1.68. The SMILES string of the molecule is COC[C@H](C)NC(=O)c1cccc(C)c1[N+](=O)[O-]. The maximum Gasteiger partial charge on any atom is 0.285 e. The predicted molar refractivity (Wildman–Crippen MR) is 66.6 cm³/mol. The molecule has 0 saturated heterocycles. The Balaban J connectivity index is 2.99. The third-order valence-corrected chi connectivity index (χ3v) is 2.46. The molecule has 0 aliphatic heterocycles. The number of hydrogen-bond donors (Lipinski definition) is 1. The second kappa shape index (κ2) is 6.11. The number of rotatable bonds is 5. The van der Waals surface area contributed by atoms with Crippen molar-refractivity contribution in [3.63, 3.8) is 0 Å². The van der Waals surface area contributed by atoms with E-state index in [1.54, 1.807) is 26.0 Å². The fourth-order valence-electron chi connectivity index (χ4n) is 1.68. The number of nitro groups is 1. The molecule has 6 nitrogen and oxygen atoms in total. The van der Waals surface area contributed by atoms with Gasteiger partial charge in [-0.1, -0.05) is 12.1 Å². The van der Waals surface area contributed by atoms with Gasteiger partial charge >= 0.3 is 0 Å². The second-order valence-electron chi connectivity index (χ2n) is 4.06. The molecule has 0 fully saturated rings. The van der Waals surface area contributed by atoms with Crippen LogP contribution in [0, 0.1) is 17.0 Å². The molecule has 0 heterocycles. The van der Waals surface area contributed by atoms with Crippen molar-refractivity contribution >= 4 is 11.6 Å². The van der Waals surface area contributed by atoms with Gasteiger partial charge in [0.2, 0.25) is 0 Å². The third-order valence-electron chi connectivity index (χ3n) is 2.46. The number of para-hydroxylation sites is 1. The molecule has 0 bridgehead atoms. The minimum Gasteiger partial charge on any atom is -0.383 e. The van der Waals surface area contributed by atoms with Crippen LogP contribution in [0.25, 0.3) is 0 Å². The van der Waals surface area contributed by atoms with Gasteiger partial charge in [0.25, 0.3) is 11.6 Å². The molecule has 0 unspecified atom stereocenters. The first kappa shape index (κ1) is 14.1. The Hall–Kier alpha value is -1.95. The quantitative estimate of drug-likeness (QED) is 0.638. The standard InChI is InChI=1S/C12H16N2O4/c1-8-5-4-6-10(11(8)14(16)17)12(15)13-9(2)7-18-3/h4-6,9H,7H2,1-3H3,(H,13,15)/t9-/m0/s1. The number of carbonyl (C=O) groups is 1. The van der Waals surface area contributed by atoms with Crippen LogP contribution in [0.4, 0.5) is 5.69 Å². The zero-order valence-electron chi connectivity index (χ0n) is 10.6. The summed E-state index contributed by atoms with van der Waals surface area (Å²) in [7, 11) is 1.53. The van der Waals surface area contributed by atoms with Gasteiger partial charge in [0, 0.05) is 18.7 Å². The Morgan fingerprint density at radius 1 is 1.56 bits per heavy atom. The fraction of sp³-hybridized carbons (Fsp3) is 0.417.